The van der Waals surface area contributed by atoms with Crippen LogP contribution in [-0.4, -0.2) is 40.8 Å². The SMILES string of the molecule is C[C@@H]1CN(C)c2ccccc2N(C(=O)c2ccc(-n3cnnc3)cc2)C1. The van der Waals surface area contributed by atoms with E-state index in [-0.39, 0.29) is 5.91 Å². The Morgan fingerprint density at radius 2 is 1.62 bits per heavy atom. The number of aromatic nitrogens is 3. The molecule has 1 amide bonds. The first kappa shape index (κ1) is 16.3. The number of hydrogen-bond acceptors (Lipinski definition) is 4. The van der Waals surface area contributed by atoms with E-state index >= 15 is 0 Å². The molecule has 2 aromatic carbocycles. The Labute approximate surface area is 152 Å². The fourth-order valence-corrected chi connectivity index (χ4v) is 3.51. The van der Waals surface area contributed by atoms with Gasteiger partial charge in [0, 0.05) is 31.4 Å². The second-order valence-electron chi connectivity index (χ2n) is 6.81. The third kappa shape index (κ3) is 2.94. The Morgan fingerprint density at radius 1 is 0.962 bits per heavy atom. The summed E-state index contributed by atoms with van der Waals surface area (Å²) in [5.74, 6) is 0.405. The highest BCUT2D eigenvalue weighted by molar-refractivity contribution is 6.08. The summed E-state index contributed by atoms with van der Waals surface area (Å²) in [6.07, 6.45) is 3.28. The van der Waals surface area contributed by atoms with E-state index in [4.69, 9.17) is 0 Å². The minimum atomic E-state index is 0.0231. The summed E-state index contributed by atoms with van der Waals surface area (Å²) in [5, 5.41) is 7.63. The molecule has 0 saturated carbocycles. The van der Waals surface area contributed by atoms with E-state index in [1.54, 1.807) is 12.7 Å². The average Bonchev–Trinajstić information content (AvgIpc) is 3.16. The van der Waals surface area contributed by atoms with E-state index in [0.29, 0.717) is 18.0 Å². The molecule has 0 N–H and O–H groups in total. The molecular formula is C20H21N5O. The van der Waals surface area contributed by atoms with Crippen LogP contribution >= 0.6 is 0 Å². The van der Waals surface area contributed by atoms with Crippen LogP contribution in [0.5, 0.6) is 0 Å². The van der Waals surface area contributed by atoms with E-state index in [0.717, 1.165) is 23.6 Å². The normalized spacial score (nSPS) is 16.9. The second kappa shape index (κ2) is 6.63. The summed E-state index contributed by atoms with van der Waals surface area (Å²) in [7, 11) is 2.08. The van der Waals surface area contributed by atoms with Gasteiger partial charge >= 0.3 is 0 Å². The van der Waals surface area contributed by atoms with Crippen molar-refractivity contribution in [1.29, 1.82) is 0 Å². The molecule has 4 rings (SSSR count). The topological polar surface area (TPSA) is 54.3 Å². The molecule has 1 aliphatic rings. The largest absolute Gasteiger partial charge is 0.373 e. The molecule has 0 bridgehead atoms. The highest BCUT2D eigenvalue weighted by Gasteiger charge is 2.27. The van der Waals surface area contributed by atoms with Crippen molar-refractivity contribution in [2.45, 2.75) is 6.92 Å². The van der Waals surface area contributed by atoms with Crippen LogP contribution in [0, 0.1) is 5.92 Å². The van der Waals surface area contributed by atoms with E-state index < -0.39 is 0 Å². The lowest BCUT2D eigenvalue weighted by Gasteiger charge is -2.24. The predicted octanol–water partition coefficient (Wildman–Crippen LogP) is 3.00. The molecule has 6 heteroatoms. The molecule has 1 aliphatic heterocycles. The van der Waals surface area contributed by atoms with Crippen LogP contribution in [0.4, 0.5) is 11.4 Å². The smallest absolute Gasteiger partial charge is 0.258 e. The highest BCUT2D eigenvalue weighted by atomic mass is 16.2. The van der Waals surface area contributed by atoms with E-state index in [2.05, 4.69) is 35.1 Å². The molecule has 0 unspecified atom stereocenters. The van der Waals surface area contributed by atoms with Gasteiger partial charge in [-0.15, -0.1) is 10.2 Å². The standard InChI is InChI=1S/C20H21N5O/c1-15-11-23(2)18-5-3-4-6-19(18)25(12-15)20(26)16-7-9-17(10-8-16)24-13-21-22-14-24/h3-10,13-15H,11-12H2,1-2H3/t15-/m1/s1. The van der Waals surface area contributed by atoms with E-state index in [1.807, 2.05) is 51.9 Å². The molecule has 1 aromatic heterocycles. The number of fused-ring (bicyclic) bond motifs is 1. The molecule has 1 atom stereocenters. The van der Waals surface area contributed by atoms with Gasteiger partial charge in [-0.25, -0.2) is 0 Å². The molecule has 26 heavy (non-hydrogen) atoms. The van der Waals surface area contributed by atoms with Crippen molar-refractivity contribution in [2.75, 3.05) is 29.9 Å². The van der Waals surface area contributed by atoms with Crippen molar-refractivity contribution >= 4 is 17.3 Å². The van der Waals surface area contributed by atoms with Crippen molar-refractivity contribution in [3.8, 4) is 5.69 Å². The first-order valence-electron chi connectivity index (χ1n) is 8.70. The van der Waals surface area contributed by atoms with Crippen molar-refractivity contribution in [3.63, 3.8) is 0 Å². The third-order valence-corrected chi connectivity index (χ3v) is 4.74. The third-order valence-electron chi connectivity index (χ3n) is 4.74. The Bertz CT molecular complexity index is 904. The highest BCUT2D eigenvalue weighted by Crippen LogP contribution is 2.33. The van der Waals surface area contributed by atoms with Crippen molar-refractivity contribution in [3.05, 3.63) is 66.7 Å². The van der Waals surface area contributed by atoms with Gasteiger partial charge < -0.3 is 9.80 Å². The summed E-state index contributed by atoms with van der Waals surface area (Å²) in [4.78, 5) is 17.4. The van der Waals surface area contributed by atoms with E-state index in [9.17, 15) is 4.79 Å². The molecule has 0 saturated heterocycles. The van der Waals surface area contributed by atoms with Gasteiger partial charge in [-0.1, -0.05) is 19.1 Å². The number of carbonyl (C=O) groups excluding carboxylic acids is 1. The lowest BCUT2D eigenvalue weighted by Crippen LogP contribution is -2.34. The van der Waals surface area contributed by atoms with Crippen LogP contribution in [0.2, 0.25) is 0 Å². The fraction of sp³-hybridized carbons (Fsp3) is 0.250. The molecule has 6 nitrogen and oxygen atoms in total. The predicted molar refractivity (Wildman–Crippen MR) is 102 cm³/mol. The molecule has 0 spiro atoms. The van der Waals surface area contributed by atoms with Gasteiger partial charge in [-0.3, -0.25) is 9.36 Å². The van der Waals surface area contributed by atoms with Crippen molar-refractivity contribution in [1.82, 2.24) is 14.8 Å². The number of carbonyl (C=O) groups is 1. The lowest BCUT2D eigenvalue weighted by molar-refractivity contribution is 0.0984. The number of para-hydroxylation sites is 2. The number of amides is 1. The number of hydrogen-bond donors (Lipinski definition) is 0. The van der Waals surface area contributed by atoms with Crippen LogP contribution in [0.25, 0.3) is 5.69 Å². The van der Waals surface area contributed by atoms with Crippen LogP contribution in [-0.2, 0) is 0 Å². The Morgan fingerprint density at radius 3 is 2.31 bits per heavy atom. The van der Waals surface area contributed by atoms with Gasteiger partial charge in [0.1, 0.15) is 12.7 Å². The lowest BCUT2D eigenvalue weighted by atomic mass is 10.1. The molecule has 132 valence electrons. The Balaban J connectivity index is 1.67. The summed E-state index contributed by atoms with van der Waals surface area (Å²) >= 11 is 0. The molecule has 3 aromatic rings. The van der Waals surface area contributed by atoms with Gasteiger partial charge in [0.15, 0.2) is 0 Å². The maximum atomic E-state index is 13.2. The van der Waals surface area contributed by atoms with Gasteiger partial charge in [0.2, 0.25) is 0 Å². The minimum Gasteiger partial charge on any atom is -0.373 e. The monoisotopic (exact) mass is 347 g/mol. The minimum absolute atomic E-state index is 0.0231. The average molecular weight is 347 g/mol. The van der Waals surface area contributed by atoms with Crippen molar-refractivity contribution in [2.24, 2.45) is 5.92 Å². The van der Waals surface area contributed by atoms with Gasteiger partial charge in [-0.05, 0) is 42.3 Å². The summed E-state index contributed by atoms with van der Waals surface area (Å²) in [5.41, 5.74) is 3.66. The molecule has 0 radical (unpaired) electrons. The number of rotatable bonds is 2. The molecule has 2 heterocycles. The van der Waals surface area contributed by atoms with Crippen LogP contribution in [0.1, 0.15) is 17.3 Å². The van der Waals surface area contributed by atoms with Crippen LogP contribution < -0.4 is 9.80 Å². The fourth-order valence-electron chi connectivity index (χ4n) is 3.51. The first-order chi connectivity index (χ1) is 12.6. The zero-order valence-electron chi connectivity index (χ0n) is 14.9. The quantitative estimate of drug-likeness (QED) is 0.715. The molecule has 0 aliphatic carbocycles. The number of benzene rings is 2. The van der Waals surface area contributed by atoms with Gasteiger partial charge in [-0.2, -0.15) is 0 Å². The zero-order valence-corrected chi connectivity index (χ0v) is 14.9. The maximum Gasteiger partial charge on any atom is 0.258 e. The number of nitrogens with zero attached hydrogens (tertiary/aromatic N) is 5. The van der Waals surface area contributed by atoms with Gasteiger partial charge in [0.05, 0.1) is 11.4 Å². The second-order valence-corrected chi connectivity index (χ2v) is 6.81. The molecular weight excluding hydrogens is 326 g/mol. The van der Waals surface area contributed by atoms with Crippen LogP contribution in [0.15, 0.2) is 61.2 Å². The van der Waals surface area contributed by atoms with E-state index in [1.165, 1.54) is 0 Å². The number of anilines is 2. The first-order valence-corrected chi connectivity index (χ1v) is 8.70. The van der Waals surface area contributed by atoms with Gasteiger partial charge in [0.25, 0.3) is 5.91 Å². The van der Waals surface area contributed by atoms with Crippen LogP contribution in [0.3, 0.4) is 0 Å². The summed E-state index contributed by atoms with van der Waals surface area (Å²) in [6.45, 7) is 3.80. The summed E-state index contributed by atoms with van der Waals surface area (Å²) in [6, 6.07) is 15.6. The summed E-state index contributed by atoms with van der Waals surface area (Å²) < 4.78 is 1.81. The zero-order chi connectivity index (χ0) is 18.1. The van der Waals surface area contributed by atoms with Crippen molar-refractivity contribution < 1.29 is 4.79 Å². The molecule has 0 fully saturated rings. The Hall–Kier alpha value is -3.15. The maximum absolute atomic E-state index is 13.2. The Kier molecular flexibility index (Phi) is 4.16.